The summed E-state index contributed by atoms with van der Waals surface area (Å²) >= 11 is 0. The summed E-state index contributed by atoms with van der Waals surface area (Å²) in [6.07, 6.45) is 10.2. The lowest BCUT2D eigenvalue weighted by molar-refractivity contribution is 0.0844. The monoisotopic (exact) mass is 306 g/mol. The fraction of sp³-hybridized carbons (Fsp3) is 0.824. The third-order valence-electron chi connectivity index (χ3n) is 4.84. The molecule has 4 heteroatoms. The molecule has 0 bridgehead atoms. The highest BCUT2D eigenvalue weighted by Gasteiger charge is 2.33. The molecule has 118 valence electrons. The van der Waals surface area contributed by atoms with Crippen LogP contribution in [0, 0.1) is 0 Å². The standard InChI is InChI=1S/C17H30N2OSi/c1-21(2,3)11-10-20-13-19-12-18-16(14-8-9-14)17(19)15-6-4-5-7-15/h12,14-15H,4-11,13H2,1-3H3. The molecular weight excluding hydrogens is 276 g/mol. The maximum atomic E-state index is 5.97. The van der Waals surface area contributed by atoms with E-state index >= 15 is 0 Å². The summed E-state index contributed by atoms with van der Waals surface area (Å²) in [5.41, 5.74) is 2.92. The summed E-state index contributed by atoms with van der Waals surface area (Å²) in [5, 5.41) is 0. The average molecular weight is 307 g/mol. The number of rotatable bonds is 7. The highest BCUT2D eigenvalue weighted by molar-refractivity contribution is 6.76. The van der Waals surface area contributed by atoms with E-state index in [0.717, 1.165) is 18.4 Å². The molecule has 0 aliphatic heterocycles. The van der Waals surface area contributed by atoms with Crippen molar-refractivity contribution in [2.75, 3.05) is 6.61 Å². The minimum absolute atomic E-state index is 0.704. The van der Waals surface area contributed by atoms with E-state index in [4.69, 9.17) is 9.72 Å². The largest absolute Gasteiger partial charge is 0.361 e. The second-order valence-electron chi connectivity index (χ2n) is 8.09. The van der Waals surface area contributed by atoms with E-state index in [9.17, 15) is 0 Å². The fourth-order valence-corrected chi connectivity index (χ4v) is 4.12. The van der Waals surface area contributed by atoms with E-state index in [1.54, 1.807) is 0 Å². The highest BCUT2D eigenvalue weighted by Crippen LogP contribution is 2.45. The van der Waals surface area contributed by atoms with Crippen molar-refractivity contribution in [1.82, 2.24) is 9.55 Å². The Morgan fingerprint density at radius 3 is 2.48 bits per heavy atom. The van der Waals surface area contributed by atoms with E-state index in [1.165, 1.54) is 56.0 Å². The van der Waals surface area contributed by atoms with Crippen LogP contribution in [0.15, 0.2) is 6.33 Å². The zero-order valence-corrected chi connectivity index (χ0v) is 14.9. The first kappa shape index (κ1) is 15.3. The predicted octanol–water partition coefficient (Wildman–Crippen LogP) is 4.73. The van der Waals surface area contributed by atoms with Gasteiger partial charge in [-0.05, 0) is 31.7 Å². The number of ether oxygens (including phenoxy) is 1. The van der Waals surface area contributed by atoms with Crippen LogP contribution in [-0.4, -0.2) is 24.2 Å². The maximum absolute atomic E-state index is 5.97. The molecule has 2 aliphatic carbocycles. The van der Waals surface area contributed by atoms with Crippen molar-refractivity contribution < 1.29 is 4.74 Å². The van der Waals surface area contributed by atoms with Gasteiger partial charge in [0.2, 0.25) is 0 Å². The van der Waals surface area contributed by atoms with E-state index in [1.807, 2.05) is 6.33 Å². The van der Waals surface area contributed by atoms with Gasteiger partial charge in [-0.2, -0.15) is 0 Å². The van der Waals surface area contributed by atoms with Crippen LogP contribution in [0.4, 0.5) is 0 Å². The molecule has 0 saturated heterocycles. The van der Waals surface area contributed by atoms with Crippen LogP contribution >= 0.6 is 0 Å². The zero-order valence-electron chi connectivity index (χ0n) is 13.9. The van der Waals surface area contributed by atoms with Gasteiger partial charge in [0.25, 0.3) is 0 Å². The minimum Gasteiger partial charge on any atom is -0.361 e. The topological polar surface area (TPSA) is 27.1 Å². The van der Waals surface area contributed by atoms with Gasteiger partial charge >= 0.3 is 0 Å². The summed E-state index contributed by atoms with van der Waals surface area (Å²) in [5.74, 6) is 1.49. The van der Waals surface area contributed by atoms with Gasteiger partial charge in [-0.3, -0.25) is 0 Å². The van der Waals surface area contributed by atoms with Crippen LogP contribution in [-0.2, 0) is 11.5 Å². The Labute approximate surface area is 130 Å². The quantitative estimate of drug-likeness (QED) is 0.538. The van der Waals surface area contributed by atoms with Gasteiger partial charge in [0.05, 0.1) is 12.0 Å². The molecule has 1 aromatic rings. The predicted molar refractivity (Wildman–Crippen MR) is 89.5 cm³/mol. The Morgan fingerprint density at radius 2 is 1.86 bits per heavy atom. The van der Waals surface area contributed by atoms with Gasteiger partial charge in [-0.25, -0.2) is 4.98 Å². The van der Waals surface area contributed by atoms with Gasteiger partial charge in [0, 0.05) is 32.2 Å². The third kappa shape index (κ3) is 3.98. The lowest BCUT2D eigenvalue weighted by Crippen LogP contribution is -2.22. The van der Waals surface area contributed by atoms with Crippen molar-refractivity contribution in [3.8, 4) is 0 Å². The van der Waals surface area contributed by atoms with E-state index < -0.39 is 8.07 Å². The van der Waals surface area contributed by atoms with Gasteiger partial charge in [-0.1, -0.05) is 32.5 Å². The second kappa shape index (κ2) is 6.25. The normalized spacial score (nSPS) is 20.3. The molecule has 2 saturated carbocycles. The molecule has 21 heavy (non-hydrogen) atoms. The molecule has 2 aliphatic rings. The molecule has 0 radical (unpaired) electrons. The second-order valence-corrected chi connectivity index (χ2v) is 13.7. The van der Waals surface area contributed by atoms with E-state index in [-0.39, 0.29) is 0 Å². The number of aromatic nitrogens is 2. The average Bonchev–Trinajstić information content (AvgIpc) is 2.97. The van der Waals surface area contributed by atoms with Crippen molar-refractivity contribution in [3.63, 3.8) is 0 Å². The van der Waals surface area contributed by atoms with Gasteiger partial charge < -0.3 is 9.30 Å². The van der Waals surface area contributed by atoms with Crippen LogP contribution in [0.3, 0.4) is 0 Å². The van der Waals surface area contributed by atoms with E-state index in [2.05, 4.69) is 24.2 Å². The SMILES string of the molecule is C[Si](C)(C)CCOCn1cnc(C2CC2)c1C1CCCC1. The van der Waals surface area contributed by atoms with Crippen molar-refractivity contribution in [2.45, 2.75) is 82.8 Å². The first-order valence-electron chi connectivity index (χ1n) is 8.67. The Hall–Kier alpha value is -0.613. The van der Waals surface area contributed by atoms with Crippen molar-refractivity contribution in [1.29, 1.82) is 0 Å². The summed E-state index contributed by atoms with van der Waals surface area (Å²) in [7, 11) is -0.987. The molecule has 2 fully saturated rings. The smallest absolute Gasteiger partial charge is 0.124 e. The van der Waals surface area contributed by atoms with Gasteiger partial charge in [-0.15, -0.1) is 0 Å². The summed E-state index contributed by atoms with van der Waals surface area (Å²) in [6.45, 7) is 8.82. The molecule has 1 aromatic heterocycles. The minimum atomic E-state index is -0.987. The lowest BCUT2D eigenvalue weighted by Gasteiger charge is -2.18. The first-order valence-corrected chi connectivity index (χ1v) is 12.4. The van der Waals surface area contributed by atoms with Crippen LogP contribution < -0.4 is 0 Å². The first-order chi connectivity index (χ1) is 10.0. The van der Waals surface area contributed by atoms with Gasteiger partial charge in [0.1, 0.15) is 6.73 Å². The van der Waals surface area contributed by atoms with Crippen LogP contribution in [0.2, 0.25) is 25.7 Å². The molecule has 0 spiro atoms. The molecular formula is C17H30N2OSi. The Kier molecular flexibility index (Phi) is 4.55. The molecule has 0 atom stereocenters. The maximum Gasteiger partial charge on any atom is 0.124 e. The summed E-state index contributed by atoms with van der Waals surface area (Å²) in [4.78, 5) is 4.74. The molecule has 0 aromatic carbocycles. The zero-order chi connectivity index (χ0) is 14.9. The van der Waals surface area contributed by atoms with Crippen molar-refractivity contribution in [3.05, 3.63) is 17.7 Å². The van der Waals surface area contributed by atoms with Crippen LogP contribution in [0.5, 0.6) is 0 Å². The molecule has 0 amide bonds. The third-order valence-corrected chi connectivity index (χ3v) is 6.54. The Bertz CT molecular complexity index is 468. The van der Waals surface area contributed by atoms with Crippen LogP contribution in [0.25, 0.3) is 0 Å². The molecule has 0 N–H and O–H groups in total. The van der Waals surface area contributed by atoms with Crippen LogP contribution in [0.1, 0.15) is 61.7 Å². The number of hydrogen-bond donors (Lipinski definition) is 0. The molecule has 3 nitrogen and oxygen atoms in total. The number of imidazole rings is 1. The highest BCUT2D eigenvalue weighted by atomic mass is 28.3. The van der Waals surface area contributed by atoms with E-state index in [0.29, 0.717) is 6.73 Å². The lowest BCUT2D eigenvalue weighted by atomic mass is 10.00. The number of nitrogens with zero attached hydrogens (tertiary/aromatic N) is 2. The molecule has 3 rings (SSSR count). The molecule has 0 unspecified atom stereocenters. The van der Waals surface area contributed by atoms with Crippen molar-refractivity contribution in [2.24, 2.45) is 0 Å². The number of hydrogen-bond acceptors (Lipinski definition) is 2. The Balaban J connectivity index is 1.64. The summed E-state index contributed by atoms with van der Waals surface area (Å²) < 4.78 is 8.28. The summed E-state index contributed by atoms with van der Waals surface area (Å²) in [6, 6.07) is 1.25. The van der Waals surface area contributed by atoms with Crippen molar-refractivity contribution >= 4 is 8.07 Å². The van der Waals surface area contributed by atoms with Gasteiger partial charge in [0.15, 0.2) is 0 Å². The Morgan fingerprint density at radius 1 is 1.14 bits per heavy atom. The molecule has 1 heterocycles. The fourth-order valence-electron chi connectivity index (χ4n) is 3.37.